The summed E-state index contributed by atoms with van der Waals surface area (Å²) in [6.45, 7) is 2.21. The minimum absolute atomic E-state index is 0.170. The fourth-order valence-corrected chi connectivity index (χ4v) is 4.09. The minimum atomic E-state index is -0.205. The van der Waals surface area contributed by atoms with E-state index in [1.54, 1.807) is 17.0 Å². The molecule has 3 amide bonds. The molecule has 160 valence electrons. The van der Waals surface area contributed by atoms with Crippen molar-refractivity contribution in [3.8, 4) is 17.2 Å². The Morgan fingerprint density at radius 1 is 0.862 bits per heavy atom. The van der Waals surface area contributed by atoms with Crippen LogP contribution in [0.25, 0.3) is 0 Å². The average Bonchev–Trinajstić information content (AvgIpc) is 2.78. The van der Waals surface area contributed by atoms with Gasteiger partial charge in [0.05, 0.1) is 27.0 Å². The molecule has 0 unspecified atom stereocenters. The first-order valence-electron chi connectivity index (χ1n) is 10.2. The predicted octanol–water partition coefficient (Wildman–Crippen LogP) is 2.97. The van der Waals surface area contributed by atoms with Crippen molar-refractivity contribution in [1.29, 1.82) is 0 Å². The van der Waals surface area contributed by atoms with Gasteiger partial charge in [0.1, 0.15) is 0 Å². The number of ether oxygens (including phenoxy) is 3. The van der Waals surface area contributed by atoms with E-state index in [0.717, 1.165) is 25.7 Å². The number of hydrogen-bond acceptors (Lipinski definition) is 5. The van der Waals surface area contributed by atoms with Gasteiger partial charge in [-0.3, -0.25) is 4.79 Å². The molecule has 0 aromatic heterocycles. The molecule has 0 atom stereocenters. The number of methoxy groups -OCH3 is 3. The highest BCUT2D eigenvalue weighted by molar-refractivity contribution is 5.90. The predicted molar refractivity (Wildman–Crippen MR) is 110 cm³/mol. The molecule has 0 bridgehead atoms. The number of nitrogens with zero attached hydrogens (tertiary/aromatic N) is 2. The van der Waals surface area contributed by atoms with Crippen molar-refractivity contribution in [2.75, 3.05) is 52.8 Å². The number of amides is 3. The Morgan fingerprint density at radius 3 is 1.93 bits per heavy atom. The lowest BCUT2D eigenvalue weighted by atomic mass is 9.88. The third-order valence-electron chi connectivity index (χ3n) is 5.75. The summed E-state index contributed by atoms with van der Waals surface area (Å²) in [5.74, 6) is 1.86. The molecule has 8 heteroatoms. The lowest BCUT2D eigenvalue weighted by Gasteiger charge is -2.37. The Bertz CT molecular complexity index is 700. The zero-order valence-electron chi connectivity index (χ0n) is 17.5. The number of rotatable bonds is 5. The fourth-order valence-electron chi connectivity index (χ4n) is 4.09. The maximum Gasteiger partial charge on any atom is 0.321 e. The molecule has 1 saturated carbocycles. The summed E-state index contributed by atoms with van der Waals surface area (Å²) in [6.07, 6.45) is 5.53. The number of nitrogens with one attached hydrogen (secondary N) is 1. The Labute approximate surface area is 172 Å². The number of benzene rings is 1. The molecule has 2 fully saturated rings. The molecule has 2 aliphatic rings. The van der Waals surface area contributed by atoms with Crippen LogP contribution in [0.3, 0.4) is 0 Å². The average molecular weight is 405 g/mol. The Balaban J connectivity index is 1.58. The molecule has 1 N–H and O–H groups in total. The van der Waals surface area contributed by atoms with Crippen molar-refractivity contribution >= 4 is 17.6 Å². The second-order valence-corrected chi connectivity index (χ2v) is 7.49. The van der Waals surface area contributed by atoms with Crippen molar-refractivity contribution in [2.24, 2.45) is 5.92 Å². The number of urea groups is 1. The normalized spacial score (nSPS) is 17.6. The number of piperazine rings is 1. The van der Waals surface area contributed by atoms with E-state index in [1.165, 1.54) is 27.8 Å². The van der Waals surface area contributed by atoms with Gasteiger partial charge in [-0.05, 0) is 12.8 Å². The van der Waals surface area contributed by atoms with E-state index in [-0.39, 0.29) is 17.9 Å². The molecular formula is C21H31N3O5. The van der Waals surface area contributed by atoms with Crippen molar-refractivity contribution in [3.63, 3.8) is 0 Å². The SMILES string of the molecule is COc1cc(NC(=O)N2CCN(C(=O)C3CCCCC3)CC2)cc(OC)c1OC. The first-order chi connectivity index (χ1) is 14.1. The lowest BCUT2D eigenvalue weighted by Crippen LogP contribution is -2.53. The van der Waals surface area contributed by atoms with E-state index in [2.05, 4.69) is 5.32 Å². The Morgan fingerprint density at radius 2 is 1.41 bits per heavy atom. The van der Waals surface area contributed by atoms with Gasteiger partial charge in [-0.25, -0.2) is 4.79 Å². The molecule has 8 nitrogen and oxygen atoms in total. The summed E-state index contributed by atoms with van der Waals surface area (Å²) >= 11 is 0. The number of carbonyl (C=O) groups excluding carboxylic acids is 2. The van der Waals surface area contributed by atoms with E-state index in [1.807, 2.05) is 4.90 Å². The van der Waals surface area contributed by atoms with E-state index in [9.17, 15) is 9.59 Å². The van der Waals surface area contributed by atoms with Crippen LogP contribution in [-0.4, -0.2) is 69.2 Å². The van der Waals surface area contributed by atoms with Gasteiger partial charge in [0.15, 0.2) is 11.5 Å². The van der Waals surface area contributed by atoms with Gasteiger partial charge < -0.3 is 29.3 Å². The van der Waals surface area contributed by atoms with Crippen LogP contribution in [0, 0.1) is 5.92 Å². The standard InChI is InChI=1S/C21H31N3O5/c1-27-17-13-16(14-18(28-2)19(17)29-3)22-21(26)24-11-9-23(10-12-24)20(25)15-7-5-4-6-8-15/h13-15H,4-12H2,1-3H3,(H,22,26). The largest absolute Gasteiger partial charge is 0.493 e. The lowest BCUT2D eigenvalue weighted by molar-refractivity contribution is -0.138. The molecule has 1 aromatic rings. The summed E-state index contributed by atoms with van der Waals surface area (Å²) in [7, 11) is 4.60. The monoisotopic (exact) mass is 405 g/mol. The van der Waals surface area contributed by atoms with Crippen LogP contribution >= 0.6 is 0 Å². The van der Waals surface area contributed by atoms with Crippen molar-refractivity contribution < 1.29 is 23.8 Å². The van der Waals surface area contributed by atoms with Crippen LogP contribution < -0.4 is 19.5 Å². The second kappa shape index (κ2) is 9.71. The van der Waals surface area contributed by atoms with Crippen molar-refractivity contribution in [1.82, 2.24) is 9.80 Å². The molecule has 3 rings (SSSR count). The molecule has 1 saturated heterocycles. The quantitative estimate of drug-likeness (QED) is 0.815. The van der Waals surface area contributed by atoms with Gasteiger partial charge >= 0.3 is 6.03 Å². The molecule has 1 aliphatic heterocycles. The highest BCUT2D eigenvalue weighted by atomic mass is 16.5. The van der Waals surface area contributed by atoms with Crippen LogP contribution in [0.5, 0.6) is 17.2 Å². The van der Waals surface area contributed by atoms with Crippen molar-refractivity contribution in [3.05, 3.63) is 12.1 Å². The smallest absolute Gasteiger partial charge is 0.321 e. The van der Waals surface area contributed by atoms with Gasteiger partial charge in [-0.1, -0.05) is 19.3 Å². The van der Waals surface area contributed by atoms with Crippen molar-refractivity contribution in [2.45, 2.75) is 32.1 Å². The molecule has 1 aromatic carbocycles. The third kappa shape index (κ3) is 4.86. The highest BCUT2D eigenvalue weighted by Gasteiger charge is 2.29. The molecular weight excluding hydrogens is 374 g/mol. The van der Waals surface area contributed by atoms with Crippen LogP contribution in [-0.2, 0) is 4.79 Å². The van der Waals surface area contributed by atoms with Crippen LogP contribution in [0.2, 0.25) is 0 Å². The van der Waals surface area contributed by atoms with E-state index in [0.29, 0.717) is 49.1 Å². The van der Waals surface area contributed by atoms with Crippen LogP contribution in [0.1, 0.15) is 32.1 Å². The molecule has 29 heavy (non-hydrogen) atoms. The van der Waals surface area contributed by atoms with Gasteiger partial charge in [-0.2, -0.15) is 0 Å². The summed E-state index contributed by atoms with van der Waals surface area (Å²) in [5, 5.41) is 2.89. The second-order valence-electron chi connectivity index (χ2n) is 7.49. The van der Waals surface area contributed by atoms with Gasteiger partial charge in [0.25, 0.3) is 0 Å². The van der Waals surface area contributed by atoms with Crippen LogP contribution in [0.4, 0.5) is 10.5 Å². The molecule has 1 aliphatic carbocycles. The van der Waals surface area contributed by atoms with Gasteiger partial charge in [0.2, 0.25) is 11.7 Å². The molecule has 0 radical (unpaired) electrons. The first-order valence-corrected chi connectivity index (χ1v) is 10.2. The van der Waals surface area contributed by atoms with Gasteiger partial charge in [0, 0.05) is 44.2 Å². The number of hydrogen-bond donors (Lipinski definition) is 1. The van der Waals surface area contributed by atoms with Gasteiger partial charge in [-0.15, -0.1) is 0 Å². The highest BCUT2D eigenvalue weighted by Crippen LogP contribution is 2.40. The third-order valence-corrected chi connectivity index (χ3v) is 5.75. The number of anilines is 1. The maximum absolute atomic E-state index is 12.7. The minimum Gasteiger partial charge on any atom is -0.493 e. The zero-order chi connectivity index (χ0) is 20.8. The van der Waals surface area contributed by atoms with E-state index < -0.39 is 0 Å². The fraction of sp³-hybridized carbons (Fsp3) is 0.619. The summed E-state index contributed by atoms with van der Waals surface area (Å²) in [6, 6.07) is 3.19. The zero-order valence-corrected chi connectivity index (χ0v) is 17.5. The molecule has 1 heterocycles. The molecule has 0 spiro atoms. The van der Waals surface area contributed by atoms with Crippen LogP contribution in [0.15, 0.2) is 12.1 Å². The maximum atomic E-state index is 12.7. The number of carbonyl (C=O) groups is 2. The van der Waals surface area contributed by atoms with E-state index >= 15 is 0 Å². The topological polar surface area (TPSA) is 80.3 Å². The first kappa shape index (κ1) is 21.1. The Hall–Kier alpha value is -2.64. The van der Waals surface area contributed by atoms with E-state index in [4.69, 9.17) is 14.2 Å². The summed E-state index contributed by atoms with van der Waals surface area (Å²) in [5.41, 5.74) is 0.560. The summed E-state index contributed by atoms with van der Waals surface area (Å²) in [4.78, 5) is 29.0. The summed E-state index contributed by atoms with van der Waals surface area (Å²) < 4.78 is 16.0. The Kier molecular flexibility index (Phi) is 7.06.